The molecule has 1 atom stereocenters. The molecule has 2 rings (SSSR count). The maximum absolute atomic E-state index is 13.7. The predicted octanol–water partition coefficient (Wildman–Crippen LogP) is 5.81. The minimum Gasteiger partial charge on any atom is -0.207 e. The second kappa shape index (κ2) is 6.05. The predicted molar refractivity (Wildman–Crippen MR) is 78.2 cm³/mol. The average Bonchev–Trinajstić information content (AvgIpc) is 2.34. The van der Waals surface area contributed by atoms with Gasteiger partial charge in [0.25, 0.3) is 0 Å². The van der Waals surface area contributed by atoms with E-state index in [0.29, 0.717) is 22.0 Å². The molecule has 18 heavy (non-hydrogen) atoms. The molecule has 0 radical (unpaired) electrons. The lowest BCUT2D eigenvalue weighted by Crippen LogP contribution is -1.99. The molecule has 0 N–H and O–H groups in total. The first-order valence-corrected chi connectivity index (χ1v) is 7.07. The number of halogens is 4. The summed E-state index contributed by atoms with van der Waals surface area (Å²) in [6, 6.07) is 12.2. The van der Waals surface area contributed by atoms with Crippen LogP contribution in [0.2, 0.25) is 10.0 Å². The Labute approximate surface area is 124 Å². The molecule has 0 saturated carbocycles. The second-order valence-corrected chi connectivity index (χ2v) is 5.87. The highest BCUT2D eigenvalue weighted by Gasteiger charge is 2.14. The van der Waals surface area contributed by atoms with E-state index in [4.69, 9.17) is 23.2 Å². The molecular formula is C14H10BrCl2F. The van der Waals surface area contributed by atoms with E-state index in [1.165, 1.54) is 6.07 Å². The van der Waals surface area contributed by atoms with Gasteiger partial charge < -0.3 is 0 Å². The number of benzene rings is 2. The van der Waals surface area contributed by atoms with Crippen LogP contribution >= 0.6 is 39.1 Å². The summed E-state index contributed by atoms with van der Waals surface area (Å²) >= 11 is 15.4. The fourth-order valence-corrected chi connectivity index (χ4v) is 2.69. The van der Waals surface area contributed by atoms with E-state index < -0.39 is 0 Å². The minimum absolute atomic E-state index is 0.00386. The maximum atomic E-state index is 13.7. The Morgan fingerprint density at radius 3 is 2.33 bits per heavy atom. The second-order valence-electron chi connectivity index (χ2n) is 3.92. The Bertz CT molecular complexity index is 520. The van der Waals surface area contributed by atoms with E-state index in [0.717, 1.165) is 5.56 Å². The van der Waals surface area contributed by atoms with Crippen LogP contribution in [0.1, 0.15) is 16.0 Å². The first-order valence-electron chi connectivity index (χ1n) is 5.40. The van der Waals surface area contributed by atoms with Crippen molar-refractivity contribution in [1.82, 2.24) is 0 Å². The highest BCUT2D eigenvalue weighted by atomic mass is 79.9. The lowest BCUT2D eigenvalue weighted by atomic mass is 10.0. The number of hydrogen-bond donors (Lipinski definition) is 0. The van der Waals surface area contributed by atoms with Crippen molar-refractivity contribution in [3.05, 3.63) is 69.5 Å². The van der Waals surface area contributed by atoms with E-state index in [9.17, 15) is 4.39 Å². The zero-order valence-corrected chi connectivity index (χ0v) is 12.4. The largest absolute Gasteiger partial charge is 0.207 e. The Morgan fingerprint density at radius 1 is 1.06 bits per heavy atom. The van der Waals surface area contributed by atoms with Gasteiger partial charge in [0, 0.05) is 20.4 Å². The standard InChI is InChI=1S/C14H10BrCl2F/c15-12(9-4-6-10(16)7-5-9)8-11-13(17)2-1-3-14(11)18/h1-7,12H,8H2. The molecule has 0 aliphatic heterocycles. The zero-order valence-electron chi connectivity index (χ0n) is 9.34. The monoisotopic (exact) mass is 346 g/mol. The van der Waals surface area contributed by atoms with Crippen LogP contribution < -0.4 is 0 Å². The molecule has 0 saturated heterocycles. The lowest BCUT2D eigenvalue weighted by Gasteiger charge is -2.12. The van der Waals surface area contributed by atoms with Gasteiger partial charge in [-0.05, 0) is 36.2 Å². The first-order chi connectivity index (χ1) is 8.58. The maximum Gasteiger partial charge on any atom is 0.127 e. The molecule has 0 fully saturated rings. The molecule has 0 amide bonds. The summed E-state index contributed by atoms with van der Waals surface area (Å²) in [6.07, 6.45) is 0.493. The minimum atomic E-state index is -0.277. The molecule has 2 aromatic carbocycles. The lowest BCUT2D eigenvalue weighted by molar-refractivity contribution is 0.608. The quantitative estimate of drug-likeness (QED) is 0.614. The summed E-state index contributed by atoms with van der Waals surface area (Å²) in [5, 5.41) is 1.13. The fraction of sp³-hybridized carbons (Fsp3) is 0.143. The third-order valence-corrected chi connectivity index (χ3v) is 4.14. The van der Waals surface area contributed by atoms with Crippen molar-refractivity contribution in [3.8, 4) is 0 Å². The van der Waals surface area contributed by atoms with Crippen LogP contribution in [0.25, 0.3) is 0 Å². The third-order valence-electron chi connectivity index (χ3n) is 2.68. The van der Waals surface area contributed by atoms with E-state index >= 15 is 0 Å². The Hall–Kier alpha value is -0.570. The van der Waals surface area contributed by atoms with Crippen molar-refractivity contribution >= 4 is 39.1 Å². The van der Waals surface area contributed by atoms with Crippen molar-refractivity contribution in [1.29, 1.82) is 0 Å². The van der Waals surface area contributed by atoms with Crippen LogP contribution in [0.5, 0.6) is 0 Å². The summed E-state index contributed by atoms with van der Waals surface area (Å²) in [6.45, 7) is 0. The summed E-state index contributed by atoms with van der Waals surface area (Å²) in [5.74, 6) is -0.277. The zero-order chi connectivity index (χ0) is 13.1. The van der Waals surface area contributed by atoms with Crippen molar-refractivity contribution in [2.45, 2.75) is 11.2 Å². The highest BCUT2D eigenvalue weighted by molar-refractivity contribution is 9.09. The molecule has 1 unspecified atom stereocenters. The van der Waals surface area contributed by atoms with E-state index in [1.807, 2.05) is 24.3 Å². The average molecular weight is 348 g/mol. The highest BCUT2D eigenvalue weighted by Crippen LogP contribution is 2.31. The number of rotatable bonds is 3. The summed E-state index contributed by atoms with van der Waals surface area (Å²) in [5.41, 5.74) is 1.56. The molecule has 0 aromatic heterocycles. The summed E-state index contributed by atoms with van der Waals surface area (Å²) < 4.78 is 13.7. The van der Waals surface area contributed by atoms with Gasteiger partial charge in [0.15, 0.2) is 0 Å². The molecule has 4 heteroatoms. The number of hydrogen-bond acceptors (Lipinski definition) is 0. The molecule has 0 bridgehead atoms. The summed E-state index contributed by atoms with van der Waals surface area (Å²) in [4.78, 5) is 0.00386. The van der Waals surface area contributed by atoms with E-state index in [1.54, 1.807) is 12.1 Å². The smallest absolute Gasteiger partial charge is 0.127 e. The molecule has 2 aromatic rings. The molecule has 0 aliphatic rings. The Balaban J connectivity index is 2.21. The Kier molecular flexibility index (Phi) is 4.66. The molecule has 0 aliphatic carbocycles. The van der Waals surface area contributed by atoms with E-state index in [-0.39, 0.29) is 10.6 Å². The number of alkyl halides is 1. The normalized spacial score (nSPS) is 12.4. The van der Waals surface area contributed by atoms with Crippen LogP contribution in [-0.4, -0.2) is 0 Å². The van der Waals surface area contributed by atoms with Crippen LogP contribution in [0.15, 0.2) is 42.5 Å². The van der Waals surface area contributed by atoms with Gasteiger partial charge in [-0.15, -0.1) is 0 Å². The van der Waals surface area contributed by atoms with Crippen LogP contribution in [-0.2, 0) is 6.42 Å². The van der Waals surface area contributed by atoms with Gasteiger partial charge in [0.2, 0.25) is 0 Å². The van der Waals surface area contributed by atoms with Crippen molar-refractivity contribution in [2.24, 2.45) is 0 Å². The fourth-order valence-electron chi connectivity index (χ4n) is 1.70. The van der Waals surface area contributed by atoms with Crippen LogP contribution in [0.4, 0.5) is 4.39 Å². The van der Waals surface area contributed by atoms with Gasteiger partial charge in [-0.3, -0.25) is 0 Å². The van der Waals surface area contributed by atoms with Gasteiger partial charge in [0.1, 0.15) is 5.82 Å². The van der Waals surface area contributed by atoms with Gasteiger partial charge in [0.05, 0.1) is 0 Å². The topological polar surface area (TPSA) is 0 Å². The van der Waals surface area contributed by atoms with Gasteiger partial charge >= 0.3 is 0 Å². The van der Waals surface area contributed by atoms with Crippen LogP contribution in [0.3, 0.4) is 0 Å². The molecule has 94 valence electrons. The Morgan fingerprint density at radius 2 is 1.72 bits per heavy atom. The van der Waals surface area contributed by atoms with Gasteiger partial charge in [-0.2, -0.15) is 0 Å². The van der Waals surface area contributed by atoms with Crippen molar-refractivity contribution < 1.29 is 4.39 Å². The molecular weight excluding hydrogens is 338 g/mol. The SMILES string of the molecule is Fc1cccc(Cl)c1CC(Br)c1ccc(Cl)cc1. The van der Waals surface area contributed by atoms with Crippen molar-refractivity contribution in [2.75, 3.05) is 0 Å². The van der Waals surface area contributed by atoms with Gasteiger partial charge in [-0.25, -0.2) is 4.39 Å². The van der Waals surface area contributed by atoms with E-state index in [2.05, 4.69) is 15.9 Å². The first kappa shape index (κ1) is 13.9. The summed E-state index contributed by atoms with van der Waals surface area (Å²) in [7, 11) is 0. The van der Waals surface area contributed by atoms with Crippen molar-refractivity contribution in [3.63, 3.8) is 0 Å². The van der Waals surface area contributed by atoms with Gasteiger partial charge in [-0.1, -0.05) is 57.3 Å². The van der Waals surface area contributed by atoms with Crippen LogP contribution in [0, 0.1) is 5.82 Å². The molecule has 0 spiro atoms. The third kappa shape index (κ3) is 3.25. The molecule has 0 heterocycles. The molecule has 0 nitrogen and oxygen atoms in total.